The van der Waals surface area contributed by atoms with Gasteiger partial charge in [-0.05, 0) is 55.0 Å². The standard InChI is InChI=1S/C19H19N3O5S/c1-3-27-14-7-4-13(5-8-14)6-11-18(23)21-19(28)20-16-10-9-15(26-2)12-17(16)22(24)25/h4-12H,3H2,1-2H3,(H2,20,21,23,28)/b11-6+. The van der Waals surface area contributed by atoms with Crippen LogP contribution in [-0.2, 0) is 4.79 Å². The average Bonchev–Trinajstić information content (AvgIpc) is 2.67. The number of hydrogen-bond acceptors (Lipinski definition) is 6. The fourth-order valence-electron chi connectivity index (χ4n) is 2.22. The number of amides is 1. The van der Waals surface area contributed by atoms with E-state index in [0.29, 0.717) is 12.4 Å². The molecule has 0 unspecified atom stereocenters. The van der Waals surface area contributed by atoms with E-state index in [0.717, 1.165) is 11.3 Å². The summed E-state index contributed by atoms with van der Waals surface area (Å²) in [6, 6.07) is 11.5. The second-order valence-corrected chi connectivity index (χ2v) is 5.83. The smallest absolute Gasteiger partial charge is 0.296 e. The number of nitrogens with zero attached hydrogens (tertiary/aromatic N) is 1. The number of benzene rings is 2. The molecule has 0 aliphatic carbocycles. The first-order chi connectivity index (χ1) is 13.4. The summed E-state index contributed by atoms with van der Waals surface area (Å²) in [7, 11) is 1.41. The van der Waals surface area contributed by atoms with Crippen molar-refractivity contribution >= 4 is 40.7 Å². The van der Waals surface area contributed by atoms with Gasteiger partial charge in [0.25, 0.3) is 5.69 Å². The zero-order valence-corrected chi connectivity index (χ0v) is 16.1. The molecule has 8 nitrogen and oxygen atoms in total. The highest BCUT2D eigenvalue weighted by Gasteiger charge is 2.16. The van der Waals surface area contributed by atoms with E-state index in [1.165, 1.54) is 25.3 Å². The molecule has 0 fully saturated rings. The Hall–Kier alpha value is -3.46. The van der Waals surface area contributed by atoms with Crippen LogP contribution < -0.4 is 20.1 Å². The van der Waals surface area contributed by atoms with Crippen LogP contribution in [0.3, 0.4) is 0 Å². The zero-order chi connectivity index (χ0) is 20.5. The van der Waals surface area contributed by atoms with E-state index in [1.807, 2.05) is 19.1 Å². The van der Waals surface area contributed by atoms with Crippen LogP contribution in [0.4, 0.5) is 11.4 Å². The quantitative estimate of drug-likeness (QED) is 0.317. The molecule has 146 valence electrons. The van der Waals surface area contributed by atoms with Gasteiger partial charge in [-0.2, -0.15) is 0 Å². The molecule has 0 saturated heterocycles. The highest BCUT2D eigenvalue weighted by Crippen LogP contribution is 2.28. The Kier molecular flexibility index (Phi) is 7.46. The first-order valence-electron chi connectivity index (χ1n) is 8.28. The van der Waals surface area contributed by atoms with E-state index in [1.54, 1.807) is 24.3 Å². The topological polar surface area (TPSA) is 103 Å². The molecule has 28 heavy (non-hydrogen) atoms. The molecule has 0 aromatic heterocycles. The number of thiocarbonyl (C=S) groups is 1. The van der Waals surface area contributed by atoms with Gasteiger partial charge in [-0.3, -0.25) is 20.2 Å². The number of carbonyl (C=O) groups is 1. The lowest BCUT2D eigenvalue weighted by Gasteiger charge is -2.09. The number of anilines is 1. The molecule has 0 radical (unpaired) electrons. The van der Waals surface area contributed by atoms with Gasteiger partial charge in [0.15, 0.2) is 5.11 Å². The van der Waals surface area contributed by atoms with Gasteiger partial charge in [-0.25, -0.2) is 0 Å². The molecule has 0 atom stereocenters. The molecule has 1 amide bonds. The van der Waals surface area contributed by atoms with Crippen molar-refractivity contribution in [1.29, 1.82) is 0 Å². The zero-order valence-electron chi connectivity index (χ0n) is 15.3. The molecule has 2 N–H and O–H groups in total. The fraction of sp³-hybridized carbons (Fsp3) is 0.158. The number of methoxy groups -OCH3 is 1. The van der Waals surface area contributed by atoms with Crippen LogP contribution in [0.5, 0.6) is 11.5 Å². The second-order valence-electron chi connectivity index (χ2n) is 5.42. The summed E-state index contributed by atoms with van der Waals surface area (Å²) < 4.78 is 10.3. The van der Waals surface area contributed by atoms with Crippen LogP contribution in [-0.4, -0.2) is 29.7 Å². The van der Waals surface area contributed by atoms with Crippen molar-refractivity contribution in [1.82, 2.24) is 5.32 Å². The molecule has 2 aromatic rings. The number of nitro benzene ring substituents is 1. The van der Waals surface area contributed by atoms with Crippen LogP contribution in [0, 0.1) is 10.1 Å². The molecular weight excluding hydrogens is 382 g/mol. The van der Waals surface area contributed by atoms with Gasteiger partial charge in [0, 0.05) is 6.08 Å². The Bertz CT molecular complexity index is 897. The molecule has 0 aliphatic heterocycles. The molecule has 0 bridgehead atoms. The normalized spacial score (nSPS) is 10.4. The van der Waals surface area contributed by atoms with Gasteiger partial charge in [0.2, 0.25) is 5.91 Å². The van der Waals surface area contributed by atoms with Gasteiger partial charge in [-0.15, -0.1) is 0 Å². The third kappa shape index (κ3) is 6.06. The minimum absolute atomic E-state index is 0.0605. The second kappa shape index (κ2) is 10.0. The first-order valence-corrected chi connectivity index (χ1v) is 8.69. The lowest BCUT2D eigenvalue weighted by molar-refractivity contribution is -0.384. The summed E-state index contributed by atoms with van der Waals surface area (Å²) >= 11 is 5.05. The van der Waals surface area contributed by atoms with Gasteiger partial charge in [-0.1, -0.05) is 12.1 Å². The van der Waals surface area contributed by atoms with Crippen molar-refractivity contribution < 1.29 is 19.2 Å². The summed E-state index contributed by atoms with van der Waals surface area (Å²) in [6.45, 7) is 2.48. The third-order valence-corrected chi connectivity index (χ3v) is 3.71. The van der Waals surface area contributed by atoms with Gasteiger partial charge >= 0.3 is 0 Å². The first kappa shape index (κ1) is 20.8. The van der Waals surface area contributed by atoms with Crippen molar-refractivity contribution in [2.45, 2.75) is 6.92 Å². The molecule has 9 heteroatoms. The summed E-state index contributed by atoms with van der Waals surface area (Å²) in [4.78, 5) is 22.6. The Morgan fingerprint density at radius 1 is 1.21 bits per heavy atom. The van der Waals surface area contributed by atoms with Crippen molar-refractivity contribution in [2.24, 2.45) is 0 Å². The molecule has 0 spiro atoms. The predicted molar refractivity (Wildman–Crippen MR) is 111 cm³/mol. The summed E-state index contributed by atoms with van der Waals surface area (Å²) in [5.74, 6) is 0.614. The predicted octanol–water partition coefficient (Wildman–Crippen LogP) is 3.53. The highest BCUT2D eigenvalue weighted by molar-refractivity contribution is 7.80. The van der Waals surface area contributed by atoms with Crippen molar-refractivity contribution in [3.8, 4) is 11.5 Å². The number of ether oxygens (including phenoxy) is 2. The highest BCUT2D eigenvalue weighted by atomic mass is 32.1. The van der Waals surface area contributed by atoms with E-state index in [-0.39, 0.29) is 16.5 Å². The van der Waals surface area contributed by atoms with E-state index < -0.39 is 10.8 Å². The molecule has 2 aromatic carbocycles. The van der Waals surface area contributed by atoms with Crippen molar-refractivity contribution in [2.75, 3.05) is 19.0 Å². The summed E-state index contributed by atoms with van der Waals surface area (Å²) in [5.41, 5.74) is 0.732. The van der Waals surface area contributed by atoms with E-state index in [9.17, 15) is 14.9 Å². The maximum atomic E-state index is 12.0. The largest absolute Gasteiger partial charge is 0.496 e. The number of carbonyl (C=O) groups excluding carboxylic acids is 1. The Balaban J connectivity index is 1.97. The summed E-state index contributed by atoms with van der Waals surface area (Å²) in [6.07, 6.45) is 2.93. The maximum absolute atomic E-state index is 12.0. The van der Waals surface area contributed by atoms with Crippen LogP contribution in [0.1, 0.15) is 12.5 Å². The number of nitrogens with one attached hydrogen (secondary N) is 2. The van der Waals surface area contributed by atoms with E-state index >= 15 is 0 Å². The fourth-order valence-corrected chi connectivity index (χ4v) is 2.43. The van der Waals surface area contributed by atoms with Crippen molar-refractivity contribution in [3.63, 3.8) is 0 Å². The van der Waals surface area contributed by atoms with E-state index in [2.05, 4.69) is 10.6 Å². The van der Waals surface area contributed by atoms with Gasteiger partial charge < -0.3 is 14.8 Å². The lowest BCUT2D eigenvalue weighted by atomic mass is 10.2. The van der Waals surface area contributed by atoms with E-state index in [4.69, 9.17) is 21.7 Å². The van der Waals surface area contributed by atoms with Crippen LogP contribution in [0.2, 0.25) is 0 Å². The molecule has 0 saturated carbocycles. The number of rotatable bonds is 7. The molecule has 2 rings (SSSR count). The number of hydrogen-bond donors (Lipinski definition) is 2. The SMILES string of the molecule is CCOc1ccc(/C=C/C(=O)NC(=S)Nc2ccc(OC)cc2[N+](=O)[O-])cc1. The monoisotopic (exact) mass is 401 g/mol. The lowest BCUT2D eigenvalue weighted by Crippen LogP contribution is -2.33. The minimum Gasteiger partial charge on any atom is -0.496 e. The summed E-state index contributed by atoms with van der Waals surface area (Å²) in [5, 5.41) is 16.2. The Morgan fingerprint density at radius 3 is 2.50 bits per heavy atom. The molecular formula is C19H19N3O5S. The average molecular weight is 401 g/mol. The minimum atomic E-state index is -0.568. The molecule has 0 heterocycles. The van der Waals surface area contributed by atoms with Gasteiger partial charge in [0.05, 0.1) is 24.7 Å². The van der Waals surface area contributed by atoms with Crippen LogP contribution in [0.15, 0.2) is 48.5 Å². The van der Waals surface area contributed by atoms with Crippen molar-refractivity contribution in [3.05, 3.63) is 64.2 Å². The number of nitro groups is 1. The maximum Gasteiger partial charge on any atom is 0.296 e. The van der Waals surface area contributed by atoms with Gasteiger partial charge in [0.1, 0.15) is 17.2 Å². The van der Waals surface area contributed by atoms with Crippen LogP contribution in [0.25, 0.3) is 6.08 Å². The Labute approximate surface area is 167 Å². The third-order valence-electron chi connectivity index (χ3n) is 3.50. The van der Waals surface area contributed by atoms with Crippen LogP contribution >= 0.6 is 12.2 Å². The molecule has 0 aliphatic rings. The Morgan fingerprint density at radius 2 is 1.89 bits per heavy atom.